The van der Waals surface area contributed by atoms with Crippen molar-refractivity contribution in [2.75, 3.05) is 6.61 Å². The van der Waals surface area contributed by atoms with Crippen molar-refractivity contribution in [3.8, 4) is 0 Å². The van der Waals surface area contributed by atoms with Crippen LogP contribution in [0.15, 0.2) is 48.0 Å². The number of benzene rings is 2. The van der Waals surface area contributed by atoms with Crippen molar-refractivity contribution in [2.45, 2.75) is 19.8 Å². The maximum atomic E-state index is 13.0. The molecule has 122 valence electrons. The molecule has 2 aromatic carbocycles. The topological polar surface area (TPSA) is 43.4 Å². The zero-order chi connectivity index (χ0) is 17.1. The molecule has 1 aliphatic rings. The molecule has 3 rings (SSSR count). The molecule has 1 aliphatic carbocycles. The van der Waals surface area contributed by atoms with E-state index < -0.39 is 5.97 Å². The number of ketones is 1. The van der Waals surface area contributed by atoms with E-state index in [2.05, 4.69) is 0 Å². The van der Waals surface area contributed by atoms with Crippen LogP contribution in [0.1, 0.15) is 45.2 Å². The molecule has 0 radical (unpaired) electrons. The molecule has 3 nitrogen and oxygen atoms in total. The van der Waals surface area contributed by atoms with Crippen molar-refractivity contribution in [1.29, 1.82) is 0 Å². The smallest absolute Gasteiger partial charge is 0.338 e. The summed E-state index contributed by atoms with van der Waals surface area (Å²) in [5, 5.41) is 0. The fourth-order valence-electron chi connectivity index (χ4n) is 2.80. The Balaban J connectivity index is 1.92. The van der Waals surface area contributed by atoms with Crippen LogP contribution in [-0.2, 0) is 11.2 Å². The number of hydrogen-bond acceptors (Lipinski definition) is 3. The average molecular weight is 324 g/mol. The number of ether oxygens (including phenoxy) is 1. The summed E-state index contributed by atoms with van der Waals surface area (Å²) in [6, 6.07) is 11.1. The minimum atomic E-state index is -0.428. The Labute approximate surface area is 139 Å². The molecule has 2 aromatic rings. The number of allylic oxidation sites excluding steroid dienone is 1. The van der Waals surface area contributed by atoms with Gasteiger partial charge in [-0.2, -0.15) is 0 Å². The molecule has 0 aliphatic heterocycles. The largest absolute Gasteiger partial charge is 0.462 e. The monoisotopic (exact) mass is 324 g/mol. The summed E-state index contributed by atoms with van der Waals surface area (Å²) in [6.07, 6.45) is 3.14. The highest BCUT2D eigenvalue weighted by atomic mass is 19.1. The molecular weight excluding hydrogens is 307 g/mol. The lowest BCUT2D eigenvalue weighted by atomic mass is 9.85. The SMILES string of the molecule is CCOC(=O)c1ccc2c(c1)C(=O)C(=Cc1ccc(F)cc1)CC2. The second kappa shape index (κ2) is 6.79. The normalized spacial score (nSPS) is 15.2. The average Bonchev–Trinajstić information content (AvgIpc) is 2.59. The standard InChI is InChI=1S/C20H17FO3/c1-2-24-20(23)16-8-6-14-5-7-15(19(22)18(14)12-16)11-13-3-9-17(21)10-4-13/h3-4,6,8-12H,2,5,7H2,1H3. The van der Waals surface area contributed by atoms with E-state index >= 15 is 0 Å². The third-order valence-electron chi connectivity index (χ3n) is 4.03. The molecule has 0 fully saturated rings. The fraction of sp³-hybridized carbons (Fsp3) is 0.200. The van der Waals surface area contributed by atoms with Crippen molar-refractivity contribution < 1.29 is 18.7 Å². The summed E-state index contributed by atoms with van der Waals surface area (Å²) >= 11 is 0. The van der Waals surface area contributed by atoms with Gasteiger partial charge in [0.2, 0.25) is 0 Å². The number of Topliss-reactive ketones (excluding diaryl/α,β-unsaturated/α-hetero) is 1. The van der Waals surface area contributed by atoms with Crippen LogP contribution in [0.5, 0.6) is 0 Å². The highest BCUT2D eigenvalue weighted by molar-refractivity contribution is 6.14. The summed E-state index contributed by atoms with van der Waals surface area (Å²) in [6.45, 7) is 2.03. The highest BCUT2D eigenvalue weighted by Gasteiger charge is 2.23. The Morgan fingerprint density at radius 2 is 1.92 bits per heavy atom. The molecule has 0 aromatic heterocycles. The summed E-state index contributed by atoms with van der Waals surface area (Å²) in [4.78, 5) is 24.6. The molecule has 0 amide bonds. The van der Waals surface area contributed by atoms with Crippen molar-refractivity contribution in [3.63, 3.8) is 0 Å². The Hall–Kier alpha value is -2.75. The molecule has 24 heavy (non-hydrogen) atoms. The van der Waals surface area contributed by atoms with Crippen LogP contribution in [0, 0.1) is 5.82 Å². The second-order valence-electron chi connectivity index (χ2n) is 5.64. The molecule has 0 saturated carbocycles. The molecule has 0 saturated heterocycles. The summed E-state index contributed by atoms with van der Waals surface area (Å²) in [5.41, 5.74) is 3.30. The van der Waals surface area contributed by atoms with E-state index in [9.17, 15) is 14.0 Å². The summed E-state index contributed by atoms with van der Waals surface area (Å²) < 4.78 is 18.0. The van der Waals surface area contributed by atoms with Crippen LogP contribution >= 0.6 is 0 Å². The molecule has 0 spiro atoms. The van der Waals surface area contributed by atoms with Gasteiger partial charge >= 0.3 is 5.97 Å². The van der Waals surface area contributed by atoms with Gasteiger partial charge in [-0.05, 0) is 61.2 Å². The zero-order valence-electron chi connectivity index (χ0n) is 13.3. The van der Waals surface area contributed by atoms with Crippen molar-refractivity contribution in [2.24, 2.45) is 0 Å². The first kappa shape index (κ1) is 16.1. The first-order chi connectivity index (χ1) is 11.6. The number of esters is 1. The molecular formula is C20H17FO3. The van der Waals surface area contributed by atoms with Gasteiger partial charge < -0.3 is 4.74 Å². The lowest BCUT2D eigenvalue weighted by molar-refractivity contribution is 0.0526. The zero-order valence-corrected chi connectivity index (χ0v) is 13.3. The maximum absolute atomic E-state index is 13.0. The number of carbonyl (C=O) groups is 2. The highest BCUT2D eigenvalue weighted by Crippen LogP contribution is 2.27. The predicted octanol–water partition coefficient (Wildman–Crippen LogP) is 4.21. The number of aryl methyl sites for hydroxylation is 1. The summed E-state index contributed by atoms with van der Waals surface area (Å²) in [7, 11) is 0. The van der Waals surface area contributed by atoms with Gasteiger partial charge in [0.05, 0.1) is 12.2 Å². The van der Waals surface area contributed by atoms with Crippen molar-refractivity contribution in [3.05, 3.63) is 76.1 Å². The third kappa shape index (κ3) is 3.27. The number of hydrogen-bond donors (Lipinski definition) is 0. The summed E-state index contributed by atoms with van der Waals surface area (Å²) in [5.74, 6) is -0.828. The number of rotatable bonds is 3. The second-order valence-corrected chi connectivity index (χ2v) is 5.64. The van der Waals surface area contributed by atoms with Crippen molar-refractivity contribution in [1.82, 2.24) is 0 Å². The van der Waals surface area contributed by atoms with Gasteiger partial charge in [-0.15, -0.1) is 0 Å². The van der Waals surface area contributed by atoms with E-state index in [4.69, 9.17) is 4.74 Å². The number of halogens is 1. The van der Waals surface area contributed by atoms with Crippen LogP contribution in [-0.4, -0.2) is 18.4 Å². The molecule has 0 N–H and O–H groups in total. The quantitative estimate of drug-likeness (QED) is 0.627. The van der Waals surface area contributed by atoms with E-state index in [1.165, 1.54) is 12.1 Å². The van der Waals surface area contributed by atoms with E-state index in [-0.39, 0.29) is 11.6 Å². The van der Waals surface area contributed by atoms with Crippen LogP contribution in [0.4, 0.5) is 4.39 Å². The Kier molecular flexibility index (Phi) is 4.56. The predicted molar refractivity (Wildman–Crippen MR) is 89.4 cm³/mol. The number of carbonyl (C=O) groups excluding carboxylic acids is 2. The minimum absolute atomic E-state index is 0.0910. The first-order valence-electron chi connectivity index (χ1n) is 7.89. The minimum Gasteiger partial charge on any atom is -0.462 e. The van der Waals surface area contributed by atoms with Gasteiger partial charge in [0.1, 0.15) is 5.82 Å². The lowest BCUT2D eigenvalue weighted by Crippen LogP contribution is -2.16. The van der Waals surface area contributed by atoms with E-state index in [0.717, 1.165) is 17.5 Å². The van der Waals surface area contributed by atoms with E-state index in [1.54, 1.807) is 37.3 Å². The Bertz CT molecular complexity index is 819. The van der Waals surface area contributed by atoms with Crippen LogP contribution in [0.2, 0.25) is 0 Å². The molecule has 4 heteroatoms. The molecule has 0 heterocycles. The van der Waals surface area contributed by atoms with Gasteiger partial charge in [0, 0.05) is 11.1 Å². The van der Waals surface area contributed by atoms with Gasteiger partial charge in [0.15, 0.2) is 5.78 Å². The fourth-order valence-corrected chi connectivity index (χ4v) is 2.80. The maximum Gasteiger partial charge on any atom is 0.338 e. The molecule has 0 unspecified atom stereocenters. The van der Waals surface area contributed by atoms with Crippen LogP contribution < -0.4 is 0 Å². The van der Waals surface area contributed by atoms with E-state index in [1.807, 2.05) is 6.07 Å². The van der Waals surface area contributed by atoms with Crippen LogP contribution in [0.3, 0.4) is 0 Å². The van der Waals surface area contributed by atoms with Gasteiger partial charge in [-0.25, -0.2) is 9.18 Å². The number of fused-ring (bicyclic) bond motifs is 1. The van der Waals surface area contributed by atoms with Gasteiger partial charge in [-0.3, -0.25) is 4.79 Å². The first-order valence-corrected chi connectivity index (χ1v) is 7.89. The third-order valence-corrected chi connectivity index (χ3v) is 4.03. The molecule has 0 bridgehead atoms. The molecule has 0 atom stereocenters. The van der Waals surface area contributed by atoms with Gasteiger partial charge in [-0.1, -0.05) is 18.2 Å². The Morgan fingerprint density at radius 3 is 2.62 bits per heavy atom. The van der Waals surface area contributed by atoms with Gasteiger partial charge in [0.25, 0.3) is 0 Å². The lowest BCUT2D eigenvalue weighted by Gasteiger charge is -2.18. The van der Waals surface area contributed by atoms with E-state index in [0.29, 0.717) is 29.7 Å². The Morgan fingerprint density at radius 1 is 1.17 bits per heavy atom. The van der Waals surface area contributed by atoms with Crippen LogP contribution in [0.25, 0.3) is 6.08 Å². The van der Waals surface area contributed by atoms with Crippen molar-refractivity contribution >= 4 is 17.8 Å².